The van der Waals surface area contributed by atoms with Gasteiger partial charge in [-0.05, 0) is 41.2 Å². The highest BCUT2D eigenvalue weighted by atomic mass is 16.5. The van der Waals surface area contributed by atoms with Crippen molar-refractivity contribution in [1.29, 1.82) is 0 Å². The number of benzene rings is 2. The lowest BCUT2D eigenvalue weighted by Crippen LogP contribution is -2.27. The summed E-state index contributed by atoms with van der Waals surface area (Å²) in [4.78, 5) is 0. The number of hydrogen-bond acceptors (Lipinski definition) is 1. The van der Waals surface area contributed by atoms with E-state index in [2.05, 4.69) is 103 Å². The predicted molar refractivity (Wildman–Crippen MR) is 124 cm³/mol. The van der Waals surface area contributed by atoms with Gasteiger partial charge in [-0.25, -0.2) is 0 Å². The molecule has 0 spiro atoms. The SMILES string of the molecule is CCC(C)(C)c1cc2c(c(C(C)(C)CC)c1)OC[N+](c1ccccc1C(C)C)=C2. The predicted octanol–water partition coefficient (Wildman–Crippen LogP) is 7.30. The van der Waals surface area contributed by atoms with E-state index in [1.165, 1.54) is 27.9 Å². The summed E-state index contributed by atoms with van der Waals surface area (Å²) in [5, 5.41) is 0. The molecule has 0 saturated heterocycles. The van der Waals surface area contributed by atoms with Gasteiger partial charge in [0.1, 0.15) is 5.75 Å². The van der Waals surface area contributed by atoms with E-state index in [4.69, 9.17) is 4.74 Å². The molecule has 0 amide bonds. The highest BCUT2D eigenvalue weighted by Gasteiger charge is 2.32. The van der Waals surface area contributed by atoms with Crippen molar-refractivity contribution in [3.63, 3.8) is 0 Å². The number of rotatable bonds is 6. The molecule has 0 aromatic heterocycles. The van der Waals surface area contributed by atoms with Crippen LogP contribution in [0.4, 0.5) is 5.69 Å². The molecule has 3 rings (SSSR count). The van der Waals surface area contributed by atoms with Crippen LogP contribution in [0.15, 0.2) is 36.4 Å². The monoisotopic (exact) mass is 392 g/mol. The van der Waals surface area contributed by atoms with Gasteiger partial charge in [-0.3, -0.25) is 0 Å². The molecule has 1 heterocycles. The molecule has 0 radical (unpaired) electrons. The zero-order valence-electron chi connectivity index (χ0n) is 19.6. The Labute approximate surface area is 177 Å². The van der Waals surface area contributed by atoms with E-state index in [0.717, 1.165) is 18.6 Å². The Kier molecular flexibility index (Phi) is 5.94. The minimum absolute atomic E-state index is 0.0791. The van der Waals surface area contributed by atoms with Crippen molar-refractivity contribution in [3.05, 3.63) is 58.7 Å². The van der Waals surface area contributed by atoms with Crippen LogP contribution in [0.25, 0.3) is 0 Å². The number of para-hydroxylation sites is 1. The number of hydrogen-bond donors (Lipinski definition) is 0. The molecule has 29 heavy (non-hydrogen) atoms. The molecule has 1 aliphatic rings. The Hall–Kier alpha value is -2.09. The third kappa shape index (κ3) is 4.13. The van der Waals surface area contributed by atoms with Crippen LogP contribution in [0.1, 0.15) is 96.4 Å². The average molecular weight is 393 g/mol. The van der Waals surface area contributed by atoms with Crippen LogP contribution in [0, 0.1) is 0 Å². The molecule has 156 valence electrons. The summed E-state index contributed by atoms with van der Waals surface area (Å²) in [5.41, 5.74) is 6.75. The van der Waals surface area contributed by atoms with E-state index >= 15 is 0 Å². The Morgan fingerprint density at radius 1 is 0.966 bits per heavy atom. The summed E-state index contributed by atoms with van der Waals surface area (Å²) in [5.74, 6) is 1.53. The molecular formula is C27H38NO+. The van der Waals surface area contributed by atoms with E-state index in [0.29, 0.717) is 12.6 Å². The van der Waals surface area contributed by atoms with Gasteiger partial charge >= 0.3 is 0 Å². The van der Waals surface area contributed by atoms with Gasteiger partial charge in [0.15, 0.2) is 6.21 Å². The van der Waals surface area contributed by atoms with Crippen molar-refractivity contribution in [2.75, 3.05) is 6.73 Å². The first-order valence-electron chi connectivity index (χ1n) is 11.1. The van der Waals surface area contributed by atoms with Crippen LogP contribution in [0.2, 0.25) is 0 Å². The molecule has 0 unspecified atom stereocenters. The maximum absolute atomic E-state index is 6.44. The van der Waals surface area contributed by atoms with Gasteiger partial charge < -0.3 is 4.74 Å². The van der Waals surface area contributed by atoms with Gasteiger partial charge in [0.2, 0.25) is 5.69 Å². The van der Waals surface area contributed by atoms with E-state index in [1.54, 1.807) is 0 Å². The Morgan fingerprint density at radius 2 is 1.62 bits per heavy atom. The lowest BCUT2D eigenvalue weighted by atomic mass is 9.75. The van der Waals surface area contributed by atoms with Gasteiger partial charge in [-0.15, -0.1) is 0 Å². The second-order valence-electron chi connectivity index (χ2n) is 10.0. The molecule has 0 fully saturated rings. The fourth-order valence-corrected chi connectivity index (χ4v) is 3.91. The quantitative estimate of drug-likeness (QED) is 0.470. The molecule has 0 aliphatic carbocycles. The largest absolute Gasteiger partial charge is 0.435 e. The Bertz CT molecular complexity index is 918. The summed E-state index contributed by atoms with van der Waals surface area (Å²) in [6.45, 7) is 18.9. The molecule has 2 nitrogen and oxygen atoms in total. The standard InChI is InChI=1S/C27H38NO/c1-9-26(5,6)21-15-20-17-28(24-14-12-11-13-22(24)19(3)4)18-29-25(20)23(16-21)27(7,8)10-2/h11-17,19H,9-10,18H2,1-8H3/q+1. The summed E-state index contributed by atoms with van der Waals surface area (Å²) in [7, 11) is 0. The van der Waals surface area contributed by atoms with Crippen LogP contribution in [-0.2, 0) is 10.8 Å². The van der Waals surface area contributed by atoms with E-state index < -0.39 is 0 Å². The number of ether oxygens (including phenoxy) is 1. The molecular weight excluding hydrogens is 354 g/mol. The topological polar surface area (TPSA) is 12.2 Å². The smallest absolute Gasteiger partial charge is 0.292 e. The van der Waals surface area contributed by atoms with Gasteiger partial charge in [-0.2, -0.15) is 4.58 Å². The maximum Gasteiger partial charge on any atom is 0.292 e. The molecule has 0 N–H and O–H groups in total. The second kappa shape index (κ2) is 7.97. The van der Waals surface area contributed by atoms with Crippen molar-refractivity contribution in [3.8, 4) is 5.75 Å². The van der Waals surface area contributed by atoms with E-state index in [1.807, 2.05) is 0 Å². The van der Waals surface area contributed by atoms with Gasteiger partial charge in [0.25, 0.3) is 6.73 Å². The first-order valence-corrected chi connectivity index (χ1v) is 11.1. The Morgan fingerprint density at radius 3 is 2.24 bits per heavy atom. The van der Waals surface area contributed by atoms with Crippen molar-refractivity contribution < 1.29 is 9.31 Å². The third-order valence-electron chi connectivity index (χ3n) is 6.91. The first-order chi connectivity index (χ1) is 13.6. The molecule has 1 aliphatic heterocycles. The van der Waals surface area contributed by atoms with Crippen LogP contribution >= 0.6 is 0 Å². The molecule has 2 aromatic carbocycles. The van der Waals surface area contributed by atoms with Crippen molar-refractivity contribution >= 4 is 11.9 Å². The minimum Gasteiger partial charge on any atom is -0.435 e. The summed E-state index contributed by atoms with van der Waals surface area (Å²) in [6, 6.07) is 13.4. The first kappa shape index (κ1) is 21.6. The highest BCUT2D eigenvalue weighted by molar-refractivity contribution is 5.83. The fraction of sp³-hybridized carbons (Fsp3) is 0.519. The van der Waals surface area contributed by atoms with Crippen molar-refractivity contribution in [1.82, 2.24) is 0 Å². The van der Waals surface area contributed by atoms with E-state index in [9.17, 15) is 0 Å². The molecule has 2 heteroatoms. The maximum atomic E-state index is 6.44. The summed E-state index contributed by atoms with van der Waals surface area (Å²) >= 11 is 0. The molecule has 0 bridgehead atoms. The zero-order valence-corrected chi connectivity index (χ0v) is 19.6. The normalized spacial score (nSPS) is 14.4. The fourth-order valence-electron chi connectivity index (χ4n) is 3.91. The molecule has 0 saturated carbocycles. The second-order valence-corrected chi connectivity index (χ2v) is 10.0. The third-order valence-corrected chi connectivity index (χ3v) is 6.91. The molecule has 2 aromatic rings. The van der Waals surface area contributed by atoms with Gasteiger partial charge in [0, 0.05) is 17.2 Å². The van der Waals surface area contributed by atoms with Gasteiger partial charge in [0.05, 0.1) is 5.56 Å². The highest BCUT2D eigenvalue weighted by Crippen LogP contribution is 2.41. The van der Waals surface area contributed by atoms with Crippen LogP contribution in [0.5, 0.6) is 5.75 Å². The number of fused-ring (bicyclic) bond motifs is 1. The lowest BCUT2D eigenvalue weighted by Gasteiger charge is -2.32. The van der Waals surface area contributed by atoms with Crippen molar-refractivity contribution in [2.45, 2.75) is 85.0 Å². The minimum atomic E-state index is 0.0791. The van der Waals surface area contributed by atoms with E-state index in [-0.39, 0.29) is 10.8 Å². The van der Waals surface area contributed by atoms with Crippen LogP contribution < -0.4 is 4.74 Å². The summed E-state index contributed by atoms with van der Waals surface area (Å²) in [6.07, 6.45) is 4.49. The zero-order chi connectivity index (χ0) is 21.4. The van der Waals surface area contributed by atoms with Crippen molar-refractivity contribution in [2.24, 2.45) is 0 Å². The van der Waals surface area contributed by atoms with Crippen LogP contribution in [0.3, 0.4) is 0 Å². The number of nitrogens with zero attached hydrogens (tertiary/aromatic N) is 1. The average Bonchev–Trinajstić information content (AvgIpc) is 2.72. The van der Waals surface area contributed by atoms with Crippen LogP contribution in [-0.4, -0.2) is 17.5 Å². The van der Waals surface area contributed by atoms with Gasteiger partial charge in [-0.1, -0.05) is 79.7 Å². The Balaban J connectivity index is 2.22. The lowest BCUT2D eigenvalue weighted by molar-refractivity contribution is -0.476. The summed E-state index contributed by atoms with van der Waals surface area (Å²) < 4.78 is 8.71. The molecule has 0 atom stereocenters.